The van der Waals surface area contributed by atoms with Crippen LogP contribution in [0.5, 0.6) is 0 Å². The molecule has 4 nitrogen and oxygen atoms in total. The Labute approximate surface area is 138 Å². The fraction of sp³-hybridized carbons (Fsp3) is 0.632. The molecule has 0 aromatic heterocycles. The first-order valence-corrected chi connectivity index (χ1v) is 8.99. The Balaban J connectivity index is 1.37. The SMILES string of the molecule is O=C(C1CN(Cc2ccccc2)CCO1)N1CCCC1C1CC1. The summed E-state index contributed by atoms with van der Waals surface area (Å²) in [6.07, 6.45) is 4.69. The van der Waals surface area contributed by atoms with Gasteiger partial charge in [-0.05, 0) is 37.2 Å². The summed E-state index contributed by atoms with van der Waals surface area (Å²) >= 11 is 0. The van der Waals surface area contributed by atoms with Gasteiger partial charge in [0.05, 0.1) is 6.61 Å². The van der Waals surface area contributed by atoms with Crippen molar-refractivity contribution in [1.82, 2.24) is 9.80 Å². The lowest BCUT2D eigenvalue weighted by Gasteiger charge is -2.35. The monoisotopic (exact) mass is 314 g/mol. The van der Waals surface area contributed by atoms with Gasteiger partial charge in [-0.1, -0.05) is 30.3 Å². The van der Waals surface area contributed by atoms with Gasteiger partial charge in [0.15, 0.2) is 0 Å². The number of carbonyl (C=O) groups is 1. The van der Waals surface area contributed by atoms with Crippen molar-refractivity contribution in [3.63, 3.8) is 0 Å². The third kappa shape index (κ3) is 3.43. The van der Waals surface area contributed by atoms with Crippen molar-refractivity contribution in [2.75, 3.05) is 26.2 Å². The standard InChI is InChI=1S/C19H26N2O2/c22-19(21-10-4-7-17(21)16-8-9-16)18-14-20(11-12-23-18)13-15-5-2-1-3-6-15/h1-3,5-6,16-18H,4,7-14H2. The molecular weight excluding hydrogens is 288 g/mol. The number of nitrogens with zero attached hydrogens (tertiary/aromatic N) is 2. The summed E-state index contributed by atoms with van der Waals surface area (Å²) in [5.74, 6) is 1.00. The molecular formula is C19H26N2O2. The number of rotatable bonds is 4. The second-order valence-corrected chi connectivity index (χ2v) is 7.16. The molecule has 0 N–H and O–H groups in total. The molecule has 1 aliphatic carbocycles. The maximum atomic E-state index is 12.9. The number of ether oxygens (including phenoxy) is 1. The van der Waals surface area contributed by atoms with E-state index in [9.17, 15) is 4.79 Å². The van der Waals surface area contributed by atoms with E-state index in [1.54, 1.807) is 0 Å². The van der Waals surface area contributed by atoms with E-state index in [1.165, 1.54) is 24.8 Å². The average Bonchev–Trinajstić information content (AvgIpc) is 3.32. The number of likely N-dealkylation sites (tertiary alicyclic amines) is 1. The zero-order valence-electron chi connectivity index (χ0n) is 13.7. The predicted octanol–water partition coefficient (Wildman–Crippen LogP) is 2.29. The van der Waals surface area contributed by atoms with E-state index < -0.39 is 0 Å². The van der Waals surface area contributed by atoms with E-state index in [4.69, 9.17) is 4.74 Å². The van der Waals surface area contributed by atoms with Crippen LogP contribution < -0.4 is 0 Å². The van der Waals surface area contributed by atoms with Crippen molar-refractivity contribution in [2.24, 2.45) is 5.92 Å². The summed E-state index contributed by atoms with van der Waals surface area (Å²) in [6.45, 7) is 4.12. The van der Waals surface area contributed by atoms with Crippen LogP contribution in [0, 0.1) is 5.92 Å². The minimum atomic E-state index is -0.271. The van der Waals surface area contributed by atoms with Crippen LogP contribution in [0.15, 0.2) is 30.3 Å². The molecule has 0 radical (unpaired) electrons. The number of hydrogen-bond donors (Lipinski definition) is 0. The lowest BCUT2D eigenvalue weighted by atomic mass is 10.1. The summed E-state index contributed by atoms with van der Waals surface area (Å²) < 4.78 is 5.84. The van der Waals surface area contributed by atoms with E-state index in [2.05, 4.69) is 34.1 Å². The minimum Gasteiger partial charge on any atom is -0.366 e. The molecule has 1 saturated carbocycles. The zero-order valence-corrected chi connectivity index (χ0v) is 13.7. The fourth-order valence-electron chi connectivity index (χ4n) is 4.06. The van der Waals surface area contributed by atoms with Crippen molar-refractivity contribution in [2.45, 2.75) is 44.4 Å². The maximum Gasteiger partial charge on any atom is 0.253 e. The highest BCUT2D eigenvalue weighted by molar-refractivity contribution is 5.82. The van der Waals surface area contributed by atoms with Crippen LogP contribution in [0.2, 0.25) is 0 Å². The molecule has 0 bridgehead atoms. The average molecular weight is 314 g/mol. The largest absolute Gasteiger partial charge is 0.366 e. The van der Waals surface area contributed by atoms with Crippen LogP contribution in [0.1, 0.15) is 31.2 Å². The quantitative estimate of drug-likeness (QED) is 0.855. The van der Waals surface area contributed by atoms with Crippen molar-refractivity contribution < 1.29 is 9.53 Å². The van der Waals surface area contributed by atoms with E-state index >= 15 is 0 Å². The molecule has 2 heterocycles. The van der Waals surface area contributed by atoms with Gasteiger partial charge in [0, 0.05) is 32.2 Å². The van der Waals surface area contributed by atoms with E-state index in [-0.39, 0.29) is 12.0 Å². The Kier molecular flexibility index (Phi) is 4.36. The van der Waals surface area contributed by atoms with Gasteiger partial charge >= 0.3 is 0 Å². The Morgan fingerprint density at radius 3 is 2.74 bits per heavy atom. The molecule has 3 fully saturated rings. The molecule has 1 aromatic rings. The second-order valence-electron chi connectivity index (χ2n) is 7.16. The number of amides is 1. The number of carbonyl (C=O) groups excluding carboxylic acids is 1. The van der Waals surface area contributed by atoms with Gasteiger partial charge in [-0.3, -0.25) is 9.69 Å². The number of hydrogen-bond acceptors (Lipinski definition) is 3. The minimum absolute atomic E-state index is 0.233. The molecule has 2 aliphatic heterocycles. The van der Waals surface area contributed by atoms with Gasteiger partial charge in [-0.15, -0.1) is 0 Å². The molecule has 4 heteroatoms. The summed E-state index contributed by atoms with van der Waals surface area (Å²) in [6, 6.07) is 11.0. The van der Waals surface area contributed by atoms with Crippen molar-refractivity contribution in [3.05, 3.63) is 35.9 Å². The predicted molar refractivity (Wildman–Crippen MR) is 88.9 cm³/mol. The highest BCUT2D eigenvalue weighted by Gasteiger charge is 2.42. The Hall–Kier alpha value is -1.39. The van der Waals surface area contributed by atoms with Crippen LogP contribution in [0.3, 0.4) is 0 Å². The zero-order chi connectivity index (χ0) is 15.6. The third-order valence-electron chi connectivity index (χ3n) is 5.42. The molecule has 4 rings (SSSR count). The van der Waals surface area contributed by atoms with Crippen LogP contribution in [0.4, 0.5) is 0 Å². The highest BCUT2D eigenvalue weighted by Crippen LogP contribution is 2.40. The van der Waals surface area contributed by atoms with Gasteiger partial charge in [0.2, 0.25) is 0 Å². The summed E-state index contributed by atoms with van der Waals surface area (Å²) in [4.78, 5) is 17.4. The molecule has 2 unspecified atom stereocenters. The van der Waals surface area contributed by atoms with Crippen molar-refractivity contribution >= 4 is 5.91 Å². The summed E-state index contributed by atoms with van der Waals surface area (Å²) in [7, 11) is 0. The molecule has 124 valence electrons. The molecule has 3 aliphatic rings. The van der Waals surface area contributed by atoms with Crippen LogP contribution in [0.25, 0.3) is 0 Å². The molecule has 2 saturated heterocycles. The van der Waals surface area contributed by atoms with Crippen LogP contribution in [-0.2, 0) is 16.1 Å². The van der Waals surface area contributed by atoms with Crippen molar-refractivity contribution in [1.29, 1.82) is 0 Å². The van der Waals surface area contributed by atoms with E-state index in [0.29, 0.717) is 12.6 Å². The molecule has 0 spiro atoms. The first-order valence-electron chi connectivity index (χ1n) is 8.99. The lowest BCUT2D eigenvalue weighted by molar-refractivity contribution is -0.151. The van der Waals surface area contributed by atoms with Gasteiger partial charge in [-0.25, -0.2) is 0 Å². The first-order chi connectivity index (χ1) is 11.3. The molecule has 1 amide bonds. The van der Waals surface area contributed by atoms with E-state index in [1.807, 2.05) is 6.07 Å². The summed E-state index contributed by atoms with van der Waals surface area (Å²) in [5, 5.41) is 0. The second kappa shape index (κ2) is 6.62. The van der Waals surface area contributed by atoms with Gasteiger partial charge in [0.25, 0.3) is 5.91 Å². The lowest BCUT2D eigenvalue weighted by Crippen LogP contribution is -2.52. The molecule has 2 atom stereocenters. The van der Waals surface area contributed by atoms with Gasteiger partial charge in [-0.2, -0.15) is 0 Å². The van der Waals surface area contributed by atoms with Gasteiger partial charge in [0.1, 0.15) is 6.10 Å². The number of morpholine rings is 1. The Morgan fingerprint density at radius 2 is 1.96 bits per heavy atom. The van der Waals surface area contributed by atoms with Crippen LogP contribution in [-0.4, -0.2) is 54.1 Å². The van der Waals surface area contributed by atoms with Crippen molar-refractivity contribution in [3.8, 4) is 0 Å². The van der Waals surface area contributed by atoms with Crippen LogP contribution >= 0.6 is 0 Å². The van der Waals surface area contributed by atoms with Gasteiger partial charge < -0.3 is 9.64 Å². The Bertz CT molecular complexity index is 544. The first kappa shape index (κ1) is 15.2. The highest BCUT2D eigenvalue weighted by atomic mass is 16.5. The third-order valence-corrected chi connectivity index (χ3v) is 5.42. The normalized spacial score (nSPS) is 29.0. The Morgan fingerprint density at radius 1 is 1.13 bits per heavy atom. The number of benzene rings is 1. The molecule has 23 heavy (non-hydrogen) atoms. The fourth-order valence-corrected chi connectivity index (χ4v) is 4.06. The topological polar surface area (TPSA) is 32.8 Å². The molecule has 1 aromatic carbocycles. The van der Waals surface area contributed by atoms with E-state index in [0.717, 1.165) is 38.5 Å². The summed E-state index contributed by atoms with van der Waals surface area (Å²) in [5.41, 5.74) is 1.30. The smallest absolute Gasteiger partial charge is 0.253 e. The maximum absolute atomic E-state index is 12.9.